The zero-order chi connectivity index (χ0) is 30.2. The lowest BCUT2D eigenvalue weighted by molar-refractivity contribution is 1.18. The molecular formula is C43H32N2. The van der Waals surface area contributed by atoms with Gasteiger partial charge >= 0.3 is 0 Å². The third kappa shape index (κ3) is 4.77. The van der Waals surface area contributed by atoms with E-state index in [0.29, 0.717) is 0 Å². The summed E-state index contributed by atoms with van der Waals surface area (Å²) in [5.41, 5.74) is 13.0. The summed E-state index contributed by atoms with van der Waals surface area (Å²) in [6.45, 7) is 2.14. The van der Waals surface area contributed by atoms with Gasteiger partial charge in [0.15, 0.2) is 0 Å². The van der Waals surface area contributed by atoms with Gasteiger partial charge in [-0.1, -0.05) is 133 Å². The van der Waals surface area contributed by atoms with E-state index in [4.69, 9.17) is 0 Å². The van der Waals surface area contributed by atoms with Crippen molar-refractivity contribution >= 4 is 38.9 Å². The van der Waals surface area contributed by atoms with Gasteiger partial charge in [-0.15, -0.1) is 0 Å². The molecule has 1 aromatic heterocycles. The maximum Gasteiger partial charge on any atom is 0.0562 e. The number of hydrogen-bond donors (Lipinski definition) is 0. The number of anilines is 3. The normalized spacial score (nSPS) is 11.2. The minimum absolute atomic E-state index is 1.11. The van der Waals surface area contributed by atoms with Crippen LogP contribution in [0.25, 0.3) is 49.7 Å². The molecule has 214 valence electrons. The first-order valence-corrected chi connectivity index (χ1v) is 15.5. The summed E-state index contributed by atoms with van der Waals surface area (Å²) < 4.78 is 2.39. The molecule has 0 amide bonds. The molecule has 0 bridgehead atoms. The molecule has 0 atom stereocenters. The average Bonchev–Trinajstić information content (AvgIpc) is 3.45. The molecule has 1 heterocycles. The fourth-order valence-corrected chi connectivity index (χ4v) is 6.53. The summed E-state index contributed by atoms with van der Waals surface area (Å²) in [7, 11) is 0. The van der Waals surface area contributed by atoms with Crippen molar-refractivity contribution in [1.82, 2.24) is 4.57 Å². The van der Waals surface area contributed by atoms with Gasteiger partial charge in [-0.3, -0.25) is 0 Å². The highest BCUT2D eigenvalue weighted by Crippen LogP contribution is 2.46. The zero-order valence-corrected chi connectivity index (χ0v) is 25.1. The van der Waals surface area contributed by atoms with Gasteiger partial charge < -0.3 is 9.47 Å². The first kappa shape index (κ1) is 26.7. The Hall–Kier alpha value is -5.86. The summed E-state index contributed by atoms with van der Waals surface area (Å²) in [5.74, 6) is 0. The minimum Gasteiger partial charge on any atom is -0.309 e. The van der Waals surface area contributed by atoms with E-state index in [1.807, 2.05) is 0 Å². The fourth-order valence-electron chi connectivity index (χ4n) is 6.53. The van der Waals surface area contributed by atoms with E-state index in [1.165, 1.54) is 49.6 Å². The Balaban J connectivity index is 1.41. The van der Waals surface area contributed by atoms with Gasteiger partial charge in [-0.2, -0.15) is 0 Å². The molecule has 2 heteroatoms. The number of hydrogen-bond acceptors (Lipinski definition) is 1. The number of rotatable bonds is 6. The molecule has 0 spiro atoms. The van der Waals surface area contributed by atoms with E-state index in [0.717, 1.165) is 22.7 Å². The maximum atomic E-state index is 2.44. The number of benzene rings is 7. The van der Waals surface area contributed by atoms with Crippen molar-refractivity contribution in [1.29, 1.82) is 0 Å². The maximum absolute atomic E-state index is 2.44. The number of nitrogens with zero attached hydrogens (tertiary/aromatic N) is 2. The quantitative estimate of drug-likeness (QED) is 0.191. The fraction of sp³-hybridized carbons (Fsp3) is 0.0233. The van der Waals surface area contributed by atoms with Gasteiger partial charge in [0.25, 0.3) is 0 Å². The van der Waals surface area contributed by atoms with Gasteiger partial charge in [-0.05, 0) is 72.1 Å². The van der Waals surface area contributed by atoms with Crippen LogP contribution in [0.2, 0.25) is 0 Å². The second-order valence-electron chi connectivity index (χ2n) is 11.5. The Bertz CT molecular complexity index is 2250. The molecule has 0 aliphatic heterocycles. The lowest BCUT2D eigenvalue weighted by atomic mass is 9.99. The van der Waals surface area contributed by atoms with Gasteiger partial charge in [0.1, 0.15) is 0 Å². The summed E-state index contributed by atoms with van der Waals surface area (Å²) in [6.07, 6.45) is 0. The minimum atomic E-state index is 1.11. The van der Waals surface area contributed by atoms with Crippen LogP contribution in [0.4, 0.5) is 17.1 Å². The Morgan fingerprint density at radius 1 is 0.422 bits per heavy atom. The van der Waals surface area contributed by atoms with Crippen LogP contribution in [0.1, 0.15) is 5.56 Å². The number of fused-ring (bicyclic) bond motifs is 3. The second kappa shape index (κ2) is 11.3. The van der Waals surface area contributed by atoms with E-state index in [1.54, 1.807) is 0 Å². The van der Waals surface area contributed by atoms with E-state index in [9.17, 15) is 0 Å². The van der Waals surface area contributed by atoms with Crippen molar-refractivity contribution in [2.45, 2.75) is 6.92 Å². The number of aryl methyl sites for hydroxylation is 1. The summed E-state index contributed by atoms with van der Waals surface area (Å²) >= 11 is 0. The van der Waals surface area contributed by atoms with E-state index in [-0.39, 0.29) is 0 Å². The Morgan fingerprint density at radius 2 is 1.00 bits per heavy atom. The van der Waals surface area contributed by atoms with Crippen LogP contribution >= 0.6 is 0 Å². The summed E-state index contributed by atoms with van der Waals surface area (Å²) in [4.78, 5) is 2.44. The van der Waals surface area contributed by atoms with E-state index in [2.05, 4.69) is 192 Å². The monoisotopic (exact) mass is 576 g/mol. The Morgan fingerprint density at radius 3 is 1.78 bits per heavy atom. The van der Waals surface area contributed by atoms with Crippen molar-refractivity contribution in [3.8, 4) is 27.9 Å². The van der Waals surface area contributed by atoms with Crippen molar-refractivity contribution < 1.29 is 0 Å². The highest BCUT2D eigenvalue weighted by molar-refractivity contribution is 6.17. The zero-order valence-electron chi connectivity index (χ0n) is 25.1. The molecule has 0 fully saturated rings. The van der Waals surface area contributed by atoms with Crippen molar-refractivity contribution in [2.24, 2.45) is 0 Å². The predicted molar refractivity (Wildman–Crippen MR) is 191 cm³/mol. The molecule has 2 nitrogen and oxygen atoms in total. The van der Waals surface area contributed by atoms with Gasteiger partial charge in [0.05, 0.1) is 22.4 Å². The SMILES string of the molecule is Cc1ccc(-c2ccccc2N(c2ccc(-c3ccccc3)cc2)c2cccc3c2c2ccccc2n3-c2ccccc2)cc1. The van der Waals surface area contributed by atoms with Crippen LogP contribution in [-0.2, 0) is 0 Å². The molecule has 8 rings (SSSR count). The van der Waals surface area contributed by atoms with Crippen molar-refractivity contribution in [3.05, 3.63) is 181 Å². The molecule has 0 radical (unpaired) electrons. The molecule has 0 unspecified atom stereocenters. The molecule has 0 aliphatic carbocycles. The van der Waals surface area contributed by atoms with Crippen LogP contribution in [0.15, 0.2) is 176 Å². The molecule has 7 aromatic carbocycles. The number of aromatic nitrogens is 1. The summed E-state index contributed by atoms with van der Waals surface area (Å²) in [6, 6.07) is 63.3. The molecule has 0 aliphatic rings. The topological polar surface area (TPSA) is 8.17 Å². The standard InChI is InChI=1S/C43H32N2/c1-31-23-25-34(26-24-31)37-17-8-10-19-39(37)45(36-29-27-33(28-30-36)32-13-4-2-5-14-32)42-22-12-21-41-43(42)38-18-9-11-20-40(38)44(41)35-15-6-3-7-16-35/h2-30H,1H3. The lowest BCUT2D eigenvalue weighted by Crippen LogP contribution is -2.11. The average molecular weight is 577 g/mol. The number of para-hydroxylation sites is 3. The predicted octanol–water partition coefficient (Wildman–Crippen LogP) is 11.9. The van der Waals surface area contributed by atoms with Crippen LogP contribution in [0.3, 0.4) is 0 Å². The summed E-state index contributed by atoms with van der Waals surface area (Å²) in [5, 5.41) is 2.45. The first-order chi connectivity index (χ1) is 22.3. The Labute approximate surface area is 264 Å². The highest BCUT2D eigenvalue weighted by atomic mass is 15.1. The Kier molecular flexibility index (Phi) is 6.73. The lowest BCUT2D eigenvalue weighted by Gasteiger charge is -2.29. The third-order valence-electron chi connectivity index (χ3n) is 8.67. The van der Waals surface area contributed by atoms with Gasteiger partial charge in [0, 0.05) is 27.7 Å². The first-order valence-electron chi connectivity index (χ1n) is 15.5. The largest absolute Gasteiger partial charge is 0.309 e. The molecule has 45 heavy (non-hydrogen) atoms. The molecule has 0 saturated heterocycles. The van der Waals surface area contributed by atoms with Crippen LogP contribution < -0.4 is 4.90 Å². The van der Waals surface area contributed by atoms with Crippen LogP contribution in [0, 0.1) is 6.92 Å². The van der Waals surface area contributed by atoms with Crippen LogP contribution in [-0.4, -0.2) is 4.57 Å². The second-order valence-corrected chi connectivity index (χ2v) is 11.5. The molecule has 8 aromatic rings. The molecule has 0 N–H and O–H groups in total. The van der Waals surface area contributed by atoms with Gasteiger partial charge in [0.2, 0.25) is 0 Å². The van der Waals surface area contributed by atoms with E-state index < -0.39 is 0 Å². The molecular weight excluding hydrogens is 544 g/mol. The third-order valence-corrected chi connectivity index (χ3v) is 8.67. The van der Waals surface area contributed by atoms with E-state index >= 15 is 0 Å². The highest BCUT2D eigenvalue weighted by Gasteiger charge is 2.22. The van der Waals surface area contributed by atoms with Crippen molar-refractivity contribution in [2.75, 3.05) is 4.90 Å². The van der Waals surface area contributed by atoms with Crippen molar-refractivity contribution in [3.63, 3.8) is 0 Å². The van der Waals surface area contributed by atoms with Gasteiger partial charge in [-0.25, -0.2) is 0 Å². The molecule has 0 saturated carbocycles. The van der Waals surface area contributed by atoms with Crippen LogP contribution in [0.5, 0.6) is 0 Å². The smallest absolute Gasteiger partial charge is 0.0562 e.